The van der Waals surface area contributed by atoms with Crippen LogP contribution in [0.15, 0.2) is 134 Å². The lowest BCUT2D eigenvalue weighted by molar-refractivity contribution is 0.911. The van der Waals surface area contributed by atoms with Crippen molar-refractivity contribution in [3.63, 3.8) is 0 Å². The molecule has 0 aliphatic heterocycles. The average Bonchev–Trinajstić information content (AvgIpc) is 3.36. The van der Waals surface area contributed by atoms with E-state index in [9.17, 15) is 0 Å². The van der Waals surface area contributed by atoms with Gasteiger partial charge in [0.1, 0.15) is 0 Å². The highest BCUT2D eigenvalue weighted by atomic mass is 15.3. The number of fused-ring (bicyclic) bond motifs is 3. The molecule has 172 valence electrons. The van der Waals surface area contributed by atoms with Gasteiger partial charge < -0.3 is 0 Å². The molecule has 0 spiro atoms. The van der Waals surface area contributed by atoms with Gasteiger partial charge >= 0.3 is 0 Å². The van der Waals surface area contributed by atoms with E-state index in [0.29, 0.717) is 0 Å². The minimum absolute atomic E-state index is 0. The van der Waals surface area contributed by atoms with Gasteiger partial charge in [0.2, 0.25) is 0 Å². The Kier molecular flexibility index (Phi) is 5.35. The Morgan fingerprint density at radius 1 is 0.444 bits per heavy atom. The summed E-state index contributed by atoms with van der Waals surface area (Å²) < 4.78 is 2.01. The maximum Gasteiger partial charge on any atom is 0.0741 e. The molecule has 0 radical (unpaired) electrons. The summed E-state index contributed by atoms with van der Waals surface area (Å²) in [4.78, 5) is 0. The van der Waals surface area contributed by atoms with Crippen molar-refractivity contribution in [3.8, 4) is 27.9 Å². The predicted octanol–water partition coefficient (Wildman–Crippen LogP) is 9.30. The van der Waals surface area contributed by atoms with E-state index in [2.05, 4.69) is 126 Å². The average molecular weight is 463 g/mol. The van der Waals surface area contributed by atoms with Gasteiger partial charge in [0.05, 0.1) is 17.4 Å². The van der Waals surface area contributed by atoms with Gasteiger partial charge in [-0.1, -0.05) is 117 Å². The fourth-order valence-corrected chi connectivity index (χ4v) is 5.30. The predicted molar refractivity (Wildman–Crippen MR) is 154 cm³/mol. The van der Waals surface area contributed by atoms with Gasteiger partial charge in [-0.05, 0) is 62.0 Å². The number of aromatic nitrogens is 2. The molecular formula is C34H26N2. The Bertz CT molecular complexity index is 1770. The lowest BCUT2D eigenvalue weighted by atomic mass is 9.86. The molecule has 0 unspecified atom stereocenters. The third kappa shape index (κ3) is 3.38. The first-order valence-corrected chi connectivity index (χ1v) is 11.9. The SMILES string of the molecule is C.c1ccc(-c2c3ccccc3c(-c3ccc(-n4ncc5ccccc54)cc3)c3ccccc23)cc1. The van der Waals surface area contributed by atoms with Crippen LogP contribution in [0.5, 0.6) is 0 Å². The fourth-order valence-electron chi connectivity index (χ4n) is 5.30. The summed E-state index contributed by atoms with van der Waals surface area (Å²) in [5, 5.41) is 10.9. The normalized spacial score (nSPS) is 11.1. The second-order valence-corrected chi connectivity index (χ2v) is 8.87. The lowest BCUT2D eigenvalue weighted by Gasteiger charge is -2.18. The van der Waals surface area contributed by atoms with Gasteiger partial charge in [-0.15, -0.1) is 0 Å². The first kappa shape index (κ1) is 21.8. The summed E-state index contributed by atoms with van der Waals surface area (Å²) in [6.07, 6.45) is 1.92. The van der Waals surface area contributed by atoms with Gasteiger partial charge in [0.25, 0.3) is 0 Å². The quantitative estimate of drug-likeness (QED) is 0.239. The van der Waals surface area contributed by atoms with E-state index in [-0.39, 0.29) is 7.43 Å². The summed E-state index contributed by atoms with van der Waals surface area (Å²) in [5.74, 6) is 0. The summed E-state index contributed by atoms with van der Waals surface area (Å²) in [6, 6.07) is 45.4. The van der Waals surface area contributed by atoms with E-state index in [0.717, 1.165) is 16.6 Å². The van der Waals surface area contributed by atoms with Crippen LogP contribution in [0.3, 0.4) is 0 Å². The zero-order valence-electron chi connectivity index (χ0n) is 19.1. The standard InChI is InChI=1S/C33H22N2.CH4/c1-2-10-23(11-3-1)32-27-13-5-7-15-29(27)33(30-16-8-6-14-28(30)32)24-18-20-26(21-19-24)35-31-17-9-4-12-25(31)22-34-35;/h1-22H;1H4. The maximum atomic E-state index is 4.63. The highest BCUT2D eigenvalue weighted by Crippen LogP contribution is 2.43. The topological polar surface area (TPSA) is 17.8 Å². The zero-order chi connectivity index (χ0) is 23.2. The van der Waals surface area contributed by atoms with Crippen molar-refractivity contribution in [1.82, 2.24) is 9.78 Å². The van der Waals surface area contributed by atoms with Crippen LogP contribution in [0.1, 0.15) is 7.43 Å². The van der Waals surface area contributed by atoms with Crippen molar-refractivity contribution >= 4 is 32.4 Å². The third-order valence-electron chi connectivity index (χ3n) is 6.87. The summed E-state index contributed by atoms with van der Waals surface area (Å²) in [5.41, 5.74) is 7.19. The zero-order valence-corrected chi connectivity index (χ0v) is 19.1. The first-order valence-electron chi connectivity index (χ1n) is 11.9. The molecule has 2 nitrogen and oxygen atoms in total. The van der Waals surface area contributed by atoms with Crippen LogP contribution < -0.4 is 0 Å². The smallest absolute Gasteiger partial charge is 0.0741 e. The van der Waals surface area contributed by atoms with Crippen molar-refractivity contribution in [2.75, 3.05) is 0 Å². The van der Waals surface area contributed by atoms with Crippen molar-refractivity contribution in [1.29, 1.82) is 0 Å². The number of hydrogen-bond donors (Lipinski definition) is 0. The Morgan fingerprint density at radius 3 is 1.50 bits per heavy atom. The molecular weight excluding hydrogens is 436 g/mol. The molecule has 6 aromatic carbocycles. The van der Waals surface area contributed by atoms with Crippen LogP contribution in [0, 0.1) is 0 Å². The van der Waals surface area contributed by atoms with Crippen LogP contribution in [-0.2, 0) is 0 Å². The van der Waals surface area contributed by atoms with Gasteiger partial charge in [-0.25, -0.2) is 4.68 Å². The van der Waals surface area contributed by atoms with Crippen LogP contribution in [0.4, 0.5) is 0 Å². The molecule has 7 aromatic rings. The minimum Gasteiger partial charge on any atom is -0.233 e. The Morgan fingerprint density at radius 2 is 0.917 bits per heavy atom. The molecule has 2 heteroatoms. The number of rotatable bonds is 3. The van der Waals surface area contributed by atoms with Crippen LogP contribution >= 0.6 is 0 Å². The van der Waals surface area contributed by atoms with Crippen molar-refractivity contribution < 1.29 is 0 Å². The summed E-state index contributed by atoms with van der Waals surface area (Å²) >= 11 is 0. The summed E-state index contributed by atoms with van der Waals surface area (Å²) in [6.45, 7) is 0. The lowest BCUT2D eigenvalue weighted by Crippen LogP contribution is -1.96. The molecule has 0 atom stereocenters. The number of benzene rings is 6. The molecule has 0 bridgehead atoms. The van der Waals surface area contributed by atoms with Crippen molar-refractivity contribution in [2.24, 2.45) is 0 Å². The molecule has 1 aromatic heterocycles. The molecule has 1 heterocycles. The van der Waals surface area contributed by atoms with Crippen LogP contribution in [0.25, 0.3) is 60.4 Å². The van der Waals surface area contributed by atoms with Gasteiger partial charge in [0.15, 0.2) is 0 Å². The Hall–Kier alpha value is -4.69. The van der Waals surface area contributed by atoms with Crippen molar-refractivity contribution in [2.45, 2.75) is 7.43 Å². The summed E-state index contributed by atoms with van der Waals surface area (Å²) in [7, 11) is 0. The highest BCUT2D eigenvalue weighted by molar-refractivity contribution is 6.21. The first-order chi connectivity index (χ1) is 17.4. The minimum atomic E-state index is 0. The highest BCUT2D eigenvalue weighted by Gasteiger charge is 2.16. The molecule has 0 fully saturated rings. The van der Waals surface area contributed by atoms with Crippen molar-refractivity contribution in [3.05, 3.63) is 134 Å². The molecule has 0 saturated carbocycles. The molecule has 0 aliphatic carbocycles. The second-order valence-electron chi connectivity index (χ2n) is 8.87. The monoisotopic (exact) mass is 462 g/mol. The van der Waals surface area contributed by atoms with E-state index in [4.69, 9.17) is 0 Å². The number of hydrogen-bond acceptors (Lipinski definition) is 1. The third-order valence-corrected chi connectivity index (χ3v) is 6.87. The largest absolute Gasteiger partial charge is 0.233 e. The van der Waals surface area contributed by atoms with E-state index in [1.54, 1.807) is 0 Å². The van der Waals surface area contributed by atoms with E-state index in [1.807, 2.05) is 16.9 Å². The second kappa shape index (κ2) is 8.83. The Labute approximate surface area is 211 Å². The van der Waals surface area contributed by atoms with E-state index >= 15 is 0 Å². The molecule has 7 rings (SSSR count). The van der Waals surface area contributed by atoms with Crippen LogP contribution in [0.2, 0.25) is 0 Å². The van der Waals surface area contributed by atoms with Gasteiger partial charge in [0, 0.05) is 5.39 Å². The number of para-hydroxylation sites is 1. The van der Waals surface area contributed by atoms with Crippen LogP contribution in [-0.4, -0.2) is 9.78 Å². The Balaban J connectivity index is 0.00000240. The maximum absolute atomic E-state index is 4.63. The molecule has 0 amide bonds. The molecule has 36 heavy (non-hydrogen) atoms. The molecule has 0 aliphatic rings. The van der Waals surface area contributed by atoms with Gasteiger partial charge in [-0.2, -0.15) is 5.10 Å². The van der Waals surface area contributed by atoms with E-state index in [1.165, 1.54) is 43.8 Å². The molecule has 0 saturated heterocycles. The molecule has 0 N–H and O–H groups in total. The van der Waals surface area contributed by atoms with Gasteiger partial charge in [-0.3, -0.25) is 0 Å². The number of nitrogens with zero attached hydrogens (tertiary/aromatic N) is 2. The fraction of sp³-hybridized carbons (Fsp3) is 0.0294. The van der Waals surface area contributed by atoms with E-state index < -0.39 is 0 Å².